The molecule has 11 heteroatoms. The number of rotatable bonds is 6. The summed E-state index contributed by atoms with van der Waals surface area (Å²) in [5, 5.41) is 4.65. The molecule has 7 nitrogen and oxygen atoms in total. The van der Waals surface area contributed by atoms with Gasteiger partial charge in [-0.05, 0) is 56.9 Å². The molecule has 1 saturated heterocycles. The molecule has 40 heavy (non-hydrogen) atoms. The molecule has 2 aromatic carbocycles. The van der Waals surface area contributed by atoms with Gasteiger partial charge < -0.3 is 15.5 Å². The van der Waals surface area contributed by atoms with Gasteiger partial charge in [0.15, 0.2) is 5.82 Å². The molecule has 2 amide bonds. The number of urea groups is 1. The molecule has 2 aliphatic heterocycles. The van der Waals surface area contributed by atoms with E-state index in [1.165, 1.54) is 29.2 Å². The SMILES string of the molecule is Cc1cccc(F)c1N1CCC(N2Cc3cn(C(C)(C)CN)nc3N(Cc3ccccc3C(F)(F)F)C2=O)CC1. The number of alkyl halides is 3. The first kappa shape index (κ1) is 27.9. The van der Waals surface area contributed by atoms with Gasteiger partial charge >= 0.3 is 12.2 Å². The van der Waals surface area contributed by atoms with Crippen LogP contribution in [0.15, 0.2) is 48.7 Å². The molecule has 1 aromatic heterocycles. The fourth-order valence-corrected chi connectivity index (χ4v) is 5.60. The summed E-state index contributed by atoms with van der Waals surface area (Å²) in [6.45, 7) is 7.11. The Morgan fingerprint density at radius 1 is 1.05 bits per heavy atom. The molecule has 0 aliphatic carbocycles. The summed E-state index contributed by atoms with van der Waals surface area (Å²) in [5.41, 5.74) is 6.80. The molecule has 1 fully saturated rings. The number of nitrogens with zero attached hydrogens (tertiary/aromatic N) is 5. The van der Waals surface area contributed by atoms with Crippen molar-refractivity contribution in [3.05, 3.63) is 76.7 Å². The Labute approximate surface area is 231 Å². The topological polar surface area (TPSA) is 70.6 Å². The molecular formula is C29H34F4N6O. The lowest BCUT2D eigenvalue weighted by Crippen LogP contribution is -2.54. The van der Waals surface area contributed by atoms with E-state index in [2.05, 4.69) is 5.10 Å². The molecule has 0 atom stereocenters. The standard InChI is InChI=1S/C29H34F4N6O/c1-19-7-6-10-24(30)25(19)36-13-11-22(12-14-36)37-16-21-17-39(28(2,3)18-34)35-26(21)38(27(37)40)15-20-8-4-5-9-23(20)29(31,32)33/h4-10,17,22H,11-16,18,34H2,1-3H3. The van der Waals surface area contributed by atoms with E-state index in [1.807, 2.05) is 37.9 Å². The van der Waals surface area contributed by atoms with Crippen molar-refractivity contribution in [1.82, 2.24) is 14.7 Å². The Hall–Kier alpha value is -3.60. The van der Waals surface area contributed by atoms with E-state index in [1.54, 1.807) is 15.6 Å². The van der Waals surface area contributed by atoms with Crippen LogP contribution in [0.25, 0.3) is 0 Å². The number of benzene rings is 2. The molecule has 0 saturated carbocycles. The average Bonchev–Trinajstić information content (AvgIpc) is 3.35. The van der Waals surface area contributed by atoms with Gasteiger partial charge in [-0.1, -0.05) is 30.3 Å². The number of carbonyl (C=O) groups excluding carboxylic acids is 1. The Kier molecular flexibility index (Phi) is 7.28. The summed E-state index contributed by atoms with van der Waals surface area (Å²) in [7, 11) is 0. The zero-order valence-electron chi connectivity index (χ0n) is 22.9. The monoisotopic (exact) mass is 558 g/mol. The number of piperidine rings is 1. The van der Waals surface area contributed by atoms with E-state index in [0.29, 0.717) is 37.4 Å². The minimum Gasteiger partial charge on any atom is -0.369 e. The van der Waals surface area contributed by atoms with Crippen molar-refractivity contribution in [2.24, 2.45) is 5.73 Å². The third kappa shape index (κ3) is 5.14. The fourth-order valence-electron chi connectivity index (χ4n) is 5.60. The molecule has 214 valence electrons. The summed E-state index contributed by atoms with van der Waals surface area (Å²) < 4.78 is 57.8. The highest BCUT2D eigenvalue weighted by Crippen LogP contribution is 2.37. The van der Waals surface area contributed by atoms with Gasteiger partial charge in [0.05, 0.1) is 29.9 Å². The van der Waals surface area contributed by atoms with Crippen LogP contribution in [-0.4, -0.2) is 46.4 Å². The Balaban J connectivity index is 1.46. The van der Waals surface area contributed by atoms with E-state index in [4.69, 9.17) is 5.73 Å². The minimum atomic E-state index is -4.56. The van der Waals surface area contributed by atoms with Gasteiger partial charge in [0.2, 0.25) is 0 Å². The first-order chi connectivity index (χ1) is 18.9. The summed E-state index contributed by atoms with van der Waals surface area (Å²) >= 11 is 0. The molecule has 3 aromatic rings. The van der Waals surface area contributed by atoms with E-state index in [0.717, 1.165) is 17.2 Å². The van der Waals surface area contributed by atoms with E-state index < -0.39 is 17.3 Å². The van der Waals surface area contributed by atoms with Crippen LogP contribution in [0.3, 0.4) is 0 Å². The maximum atomic E-state index is 14.6. The highest BCUT2D eigenvalue weighted by atomic mass is 19.4. The van der Waals surface area contributed by atoms with Crippen LogP contribution in [0.1, 0.15) is 48.9 Å². The fraction of sp³-hybridized carbons (Fsp3) is 0.448. The molecule has 3 heterocycles. The second kappa shape index (κ2) is 10.4. The van der Waals surface area contributed by atoms with Crippen LogP contribution in [0.2, 0.25) is 0 Å². The number of carbonyl (C=O) groups is 1. The van der Waals surface area contributed by atoms with Crippen molar-refractivity contribution >= 4 is 17.5 Å². The highest BCUT2D eigenvalue weighted by molar-refractivity contribution is 5.94. The maximum absolute atomic E-state index is 14.6. The number of fused-ring (bicyclic) bond motifs is 1. The first-order valence-electron chi connectivity index (χ1n) is 13.4. The number of hydrogen-bond donors (Lipinski definition) is 1. The number of nitrogens with two attached hydrogens (primary N) is 1. The summed E-state index contributed by atoms with van der Waals surface area (Å²) in [5.74, 6) is 0.0701. The summed E-state index contributed by atoms with van der Waals surface area (Å²) in [4.78, 5) is 19.0. The van der Waals surface area contributed by atoms with Gasteiger partial charge in [-0.2, -0.15) is 18.3 Å². The normalized spacial score (nSPS) is 17.0. The molecule has 2 aliphatic rings. The molecule has 2 N–H and O–H groups in total. The van der Waals surface area contributed by atoms with Crippen LogP contribution in [-0.2, 0) is 24.8 Å². The molecule has 0 bridgehead atoms. The van der Waals surface area contributed by atoms with Gasteiger partial charge in [0, 0.05) is 37.4 Å². The number of aryl methyl sites for hydroxylation is 1. The first-order valence-corrected chi connectivity index (χ1v) is 13.4. The van der Waals surface area contributed by atoms with Gasteiger partial charge in [-0.3, -0.25) is 9.58 Å². The zero-order chi connectivity index (χ0) is 28.8. The number of aromatic nitrogens is 2. The van der Waals surface area contributed by atoms with Crippen molar-refractivity contribution in [3.63, 3.8) is 0 Å². The predicted octanol–water partition coefficient (Wildman–Crippen LogP) is 5.65. The number of anilines is 2. The molecule has 0 unspecified atom stereocenters. The third-order valence-corrected chi connectivity index (χ3v) is 8.02. The van der Waals surface area contributed by atoms with Gasteiger partial charge in [-0.25, -0.2) is 9.18 Å². The lowest BCUT2D eigenvalue weighted by molar-refractivity contribution is -0.138. The highest BCUT2D eigenvalue weighted by Gasteiger charge is 2.41. The van der Waals surface area contributed by atoms with E-state index in [9.17, 15) is 22.4 Å². The van der Waals surface area contributed by atoms with Crippen LogP contribution >= 0.6 is 0 Å². The van der Waals surface area contributed by atoms with Crippen LogP contribution in [0.5, 0.6) is 0 Å². The third-order valence-electron chi connectivity index (χ3n) is 8.02. The molecule has 0 radical (unpaired) electrons. The molecule has 0 spiro atoms. The van der Waals surface area contributed by atoms with Crippen molar-refractivity contribution in [2.75, 3.05) is 29.4 Å². The second-order valence-corrected chi connectivity index (χ2v) is 11.2. The number of para-hydroxylation sites is 1. The van der Waals surface area contributed by atoms with Crippen molar-refractivity contribution in [2.45, 2.75) is 64.5 Å². The van der Waals surface area contributed by atoms with Gasteiger partial charge in [0.25, 0.3) is 0 Å². The predicted molar refractivity (Wildman–Crippen MR) is 146 cm³/mol. The van der Waals surface area contributed by atoms with Crippen molar-refractivity contribution in [3.8, 4) is 0 Å². The van der Waals surface area contributed by atoms with E-state index >= 15 is 0 Å². The van der Waals surface area contributed by atoms with Crippen LogP contribution in [0, 0.1) is 12.7 Å². The van der Waals surface area contributed by atoms with E-state index in [-0.39, 0.29) is 43.1 Å². The molecule has 5 rings (SSSR count). The largest absolute Gasteiger partial charge is 0.416 e. The lowest BCUT2D eigenvalue weighted by Gasteiger charge is -2.43. The number of hydrogen-bond acceptors (Lipinski definition) is 4. The zero-order valence-corrected chi connectivity index (χ0v) is 22.9. The second-order valence-electron chi connectivity index (χ2n) is 11.2. The molecular weight excluding hydrogens is 524 g/mol. The van der Waals surface area contributed by atoms with Crippen LogP contribution in [0.4, 0.5) is 33.9 Å². The Morgan fingerprint density at radius 2 is 1.75 bits per heavy atom. The van der Waals surface area contributed by atoms with Crippen molar-refractivity contribution in [1.29, 1.82) is 0 Å². The van der Waals surface area contributed by atoms with Gasteiger partial charge in [-0.15, -0.1) is 0 Å². The maximum Gasteiger partial charge on any atom is 0.416 e. The quantitative estimate of drug-likeness (QED) is 0.397. The minimum absolute atomic E-state index is 0.00590. The number of halogens is 4. The summed E-state index contributed by atoms with van der Waals surface area (Å²) in [6, 6.07) is 9.75. The lowest BCUT2D eigenvalue weighted by atomic mass is 10.00. The number of amides is 2. The van der Waals surface area contributed by atoms with Crippen molar-refractivity contribution < 1.29 is 22.4 Å². The van der Waals surface area contributed by atoms with Gasteiger partial charge in [0.1, 0.15) is 5.82 Å². The Bertz CT molecular complexity index is 1370. The average molecular weight is 559 g/mol. The smallest absolute Gasteiger partial charge is 0.369 e. The summed E-state index contributed by atoms with van der Waals surface area (Å²) in [6.07, 6.45) is -1.52. The Morgan fingerprint density at radius 3 is 2.40 bits per heavy atom. The van der Waals surface area contributed by atoms with Crippen LogP contribution < -0.4 is 15.5 Å².